The van der Waals surface area contributed by atoms with E-state index in [1.54, 1.807) is 30.3 Å². The van der Waals surface area contributed by atoms with Crippen molar-refractivity contribution in [2.75, 3.05) is 65.2 Å². The molecule has 0 spiro atoms. The Balaban J connectivity index is 0.813. The number of carbonyl (C=O) groups is 3. The molecule has 2 saturated heterocycles. The molecule has 3 aliphatic rings. The minimum absolute atomic E-state index is 0.0282. The highest BCUT2D eigenvalue weighted by Gasteiger charge is 2.42. The van der Waals surface area contributed by atoms with Crippen molar-refractivity contribution in [2.45, 2.75) is 48.9 Å². The lowest BCUT2D eigenvalue weighted by Gasteiger charge is -2.25. The van der Waals surface area contributed by atoms with Crippen molar-refractivity contribution in [2.24, 2.45) is 0 Å². The number of hydrogen-bond acceptors (Lipinski definition) is 9. The van der Waals surface area contributed by atoms with Gasteiger partial charge in [-0.05, 0) is 42.7 Å². The molecule has 4 atom stereocenters. The van der Waals surface area contributed by atoms with Crippen LogP contribution in [0.5, 0.6) is 11.5 Å². The predicted octanol–water partition coefficient (Wildman–Crippen LogP) is 3.46. The van der Waals surface area contributed by atoms with Crippen LogP contribution in [-0.4, -0.2) is 100 Å². The van der Waals surface area contributed by atoms with E-state index in [9.17, 15) is 18.8 Å². The van der Waals surface area contributed by atoms with E-state index < -0.39 is 5.92 Å². The van der Waals surface area contributed by atoms with E-state index in [4.69, 9.17) is 23.7 Å². The summed E-state index contributed by atoms with van der Waals surface area (Å²) in [5.41, 5.74) is 1.21. The molecule has 3 amide bonds. The molecule has 2 aromatic rings. The van der Waals surface area contributed by atoms with Gasteiger partial charge >= 0.3 is 6.03 Å². The van der Waals surface area contributed by atoms with Crippen LogP contribution >= 0.6 is 11.8 Å². The van der Waals surface area contributed by atoms with Crippen molar-refractivity contribution >= 4 is 29.5 Å². The number of halogens is 1. The zero-order valence-corrected chi connectivity index (χ0v) is 26.6. The lowest BCUT2D eigenvalue weighted by molar-refractivity contribution is -0.121. The second-order valence-corrected chi connectivity index (χ2v) is 12.6. The topological polar surface area (TPSA) is 133 Å². The van der Waals surface area contributed by atoms with E-state index in [1.807, 2.05) is 11.8 Å². The van der Waals surface area contributed by atoms with E-state index >= 15 is 0 Å². The van der Waals surface area contributed by atoms with E-state index in [0.29, 0.717) is 81.5 Å². The van der Waals surface area contributed by atoms with Gasteiger partial charge in [-0.15, -0.1) is 0 Å². The van der Waals surface area contributed by atoms with Crippen LogP contribution in [0, 0.1) is 5.82 Å². The van der Waals surface area contributed by atoms with Crippen molar-refractivity contribution in [1.29, 1.82) is 0 Å². The maximum Gasteiger partial charge on any atom is 0.315 e. The van der Waals surface area contributed by atoms with Crippen LogP contribution in [0.4, 0.5) is 9.18 Å². The predicted molar refractivity (Wildman–Crippen MR) is 170 cm³/mol. The fourth-order valence-electron chi connectivity index (χ4n) is 5.68. The molecule has 1 unspecified atom stereocenters. The van der Waals surface area contributed by atoms with Crippen molar-refractivity contribution in [3.63, 3.8) is 0 Å². The number of rotatable bonds is 19. The molecule has 13 heteroatoms. The number of Topliss-reactive ketones (excluding diaryl/α,β-unsaturated/α-hetero) is 1. The first kappa shape index (κ1) is 34.0. The third-order valence-corrected chi connectivity index (χ3v) is 9.61. The largest absolute Gasteiger partial charge is 0.492 e. The van der Waals surface area contributed by atoms with Crippen molar-refractivity contribution < 1.29 is 42.5 Å². The highest BCUT2D eigenvalue weighted by molar-refractivity contribution is 8.00. The number of ketones is 1. The van der Waals surface area contributed by atoms with Gasteiger partial charge in [0.15, 0.2) is 5.78 Å². The minimum atomic E-state index is -0.464. The average molecular weight is 660 g/mol. The first-order chi connectivity index (χ1) is 22.5. The van der Waals surface area contributed by atoms with Crippen LogP contribution in [0.3, 0.4) is 0 Å². The second kappa shape index (κ2) is 17.5. The third-order valence-electron chi connectivity index (χ3n) is 8.10. The number of nitrogens with one attached hydrogen (secondary N) is 3. The van der Waals surface area contributed by atoms with E-state index in [1.165, 1.54) is 12.1 Å². The fourth-order valence-corrected chi connectivity index (χ4v) is 7.22. The number of ether oxygens (including phenoxy) is 5. The Hall–Kier alpha value is -3.39. The number of amides is 3. The second-order valence-electron chi connectivity index (χ2n) is 11.3. The maximum absolute atomic E-state index is 13.2. The van der Waals surface area contributed by atoms with Crippen LogP contribution < -0.4 is 25.4 Å². The zero-order valence-electron chi connectivity index (χ0n) is 25.8. The lowest BCUT2D eigenvalue weighted by atomic mass is 9.89. The molecular formula is C33H42FN3O8S. The first-order valence-corrected chi connectivity index (χ1v) is 16.9. The molecule has 11 nitrogen and oxygen atoms in total. The molecule has 3 aliphatic heterocycles. The summed E-state index contributed by atoms with van der Waals surface area (Å²) in [6.45, 7) is 3.48. The summed E-state index contributed by atoms with van der Waals surface area (Å²) in [5, 5.41) is 9.25. The zero-order chi connectivity index (χ0) is 32.1. The van der Waals surface area contributed by atoms with Crippen LogP contribution in [0.1, 0.15) is 47.5 Å². The van der Waals surface area contributed by atoms with Crippen molar-refractivity contribution in [3.8, 4) is 11.5 Å². The minimum Gasteiger partial charge on any atom is -0.492 e. The van der Waals surface area contributed by atoms with Gasteiger partial charge in [0.25, 0.3) is 0 Å². The summed E-state index contributed by atoms with van der Waals surface area (Å²) in [6.07, 6.45) is 3.29. The highest BCUT2D eigenvalue weighted by atomic mass is 32.2. The summed E-state index contributed by atoms with van der Waals surface area (Å²) in [5.74, 6) is 1.17. The summed E-state index contributed by atoms with van der Waals surface area (Å²) in [4.78, 5) is 36.4. The summed E-state index contributed by atoms with van der Waals surface area (Å²) >= 11 is 1.89. The lowest BCUT2D eigenvalue weighted by Crippen LogP contribution is -2.36. The molecule has 0 radical (unpaired) electrons. The van der Waals surface area contributed by atoms with Gasteiger partial charge in [-0.25, -0.2) is 9.18 Å². The number of urea groups is 1. The Kier molecular flexibility index (Phi) is 12.9. The number of carbonyl (C=O) groups excluding carboxylic acids is 3. The van der Waals surface area contributed by atoms with Gasteiger partial charge in [0.05, 0.1) is 63.2 Å². The highest BCUT2D eigenvalue weighted by Crippen LogP contribution is 2.35. The third kappa shape index (κ3) is 9.81. The van der Waals surface area contributed by atoms with Gasteiger partial charge in [0.2, 0.25) is 5.91 Å². The quantitative estimate of drug-likeness (QED) is 0.153. The monoisotopic (exact) mass is 659 g/mol. The number of fused-ring (bicyclic) bond motifs is 2. The van der Waals surface area contributed by atoms with Crippen molar-refractivity contribution in [1.82, 2.24) is 16.0 Å². The molecule has 2 fully saturated rings. The Labute approximate surface area is 272 Å². The van der Waals surface area contributed by atoms with E-state index in [-0.39, 0.29) is 42.2 Å². The van der Waals surface area contributed by atoms with Crippen LogP contribution in [0.15, 0.2) is 42.5 Å². The van der Waals surface area contributed by atoms with Gasteiger partial charge in [-0.1, -0.05) is 18.6 Å². The molecule has 46 heavy (non-hydrogen) atoms. The Bertz CT molecular complexity index is 1320. The molecule has 0 bridgehead atoms. The average Bonchev–Trinajstić information content (AvgIpc) is 3.61. The number of unbranched alkanes of at least 4 members (excludes halogenated alkanes) is 1. The van der Waals surface area contributed by atoms with Crippen LogP contribution in [0.2, 0.25) is 0 Å². The summed E-state index contributed by atoms with van der Waals surface area (Å²) in [7, 11) is 0. The SMILES string of the molecule is O=C(CCCC[C@@H]1SC[C@@H]2NC(=O)N[C@@H]21)NCCOCCOCCOCCOc1ccc2c(c1)OCC(c1ccc(F)cc1)C2=O. The Morgan fingerprint density at radius 3 is 2.46 bits per heavy atom. The summed E-state index contributed by atoms with van der Waals surface area (Å²) in [6, 6.07) is 11.4. The fraction of sp³-hybridized carbons (Fsp3) is 0.545. The van der Waals surface area contributed by atoms with Crippen LogP contribution in [-0.2, 0) is 19.0 Å². The number of benzene rings is 2. The molecule has 5 rings (SSSR count). The molecule has 0 saturated carbocycles. The molecule has 0 aliphatic carbocycles. The molecule has 2 aromatic carbocycles. The van der Waals surface area contributed by atoms with Gasteiger partial charge in [-0.2, -0.15) is 11.8 Å². The maximum atomic E-state index is 13.2. The van der Waals surface area contributed by atoms with Gasteiger partial charge < -0.3 is 39.6 Å². The Morgan fingerprint density at radius 1 is 0.935 bits per heavy atom. The van der Waals surface area contributed by atoms with E-state index in [0.717, 1.165) is 30.6 Å². The summed E-state index contributed by atoms with van der Waals surface area (Å²) < 4.78 is 41.4. The first-order valence-electron chi connectivity index (χ1n) is 15.9. The normalized spacial score (nSPS) is 21.6. The van der Waals surface area contributed by atoms with Crippen molar-refractivity contribution in [3.05, 3.63) is 59.4 Å². The smallest absolute Gasteiger partial charge is 0.315 e. The van der Waals surface area contributed by atoms with Gasteiger partial charge in [0, 0.05) is 30.0 Å². The molecular weight excluding hydrogens is 617 g/mol. The number of hydrogen-bond donors (Lipinski definition) is 3. The molecule has 250 valence electrons. The molecule has 0 aromatic heterocycles. The number of thioether (sulfide) groups is 1. The van der Waals surface area contributed by atoms with Gasteiger partial charge in [0.1, 0.15) is 30.5 Å². The molecule has 3 heterocycles. The van der Waals surface area contributed by atoms with Gasteiger partial charge in [-0.3, -0.25) is 9.59 Å². The molecule has 3 N–H and O–H groups in total. The van der Waals surface area contributed by atoms with Crippen LogP contribution in [0.25, 0.3) is 0 Å². The van der Waals surface area contributed by atoms with E-state index in [2.05, 4.69) is 16.0 Å². The standard InChI is InChI=1S/C33H42FN3O8S/c34-23-7-5-22(6-8-23)26-20-45-28-19-24(9-10-25(28)32(26)39)44-18-17-43-16-15-42-14-13-41-12-11-35-30(38)4-2-1-3-29-31-27(21-46-29)36-33(40)37-31/h5-10,19,26-27,29,31H,1-4,11-18,20-21H2,(H,35,38)(H2,36,37,40)/t26?,27-,29-,31-/m0/s1. The Morgan fingerprint density at radius 2 is 1.67 bits per heavy atom.